The number of unbranched alkanes of at least 4 members (excludes halogenated alkanes) is 1. The molecule has 40 heavy (non-hydrogen) atoms. The molecule has 7 heteroatoms. The van der Waals surface area contributed by atoms with Crippen LogP contribution in [0.3, 0.4) is 0 Å². The molecule has 1 amide bonds. The number of carbonyl (C=O) groups is 2. The summed E-state index contributed by atoms with van der Waals surface area (Å²) >= 11 is 0. The number of nitrogens with zero attached hydrogens (tertiary/aromatic N) is 3. The van der Waals surface area contributed by atoms with Crippen molar-refractivity contribution < 1.29 is 23.9 Å². The minimum Gasteiger partial charge on any atom is -0.493 e. The van der Waals surface area contributed by atoms with Gasteiger partial charge >= 0.3 is 5.97 Å². The van der Waals surface area contributed by atoms with Gasteiger partial charge in [-0.3, -0.25) is 14.5 Å². The van der Waals surface area contributed by atoms with Crippen LogP contribution in [0.25, 0.3) is 0 Å². The molecule has 3 unspecified atom stereocenters. The lowest BCUT2D eigenvalue weighted by Gasteiger charge is -2.34. The van der Waals surface area contributed by atoms with Gasteiger partial charge in [-0.2, -0.15) is 0 Å². The zero-order valence-electron chi connectivity index (χ0n) is 26.3. The predicted molar refractivity (Wildman–Crippen MR) is 162 cm³/mol. The molecule has 0 bridgehead atoms. The van der Waals surface area contributed by atoms with Crippen LogP contribution in [0, 0.1) is 11.3 Å². The topological polar surface area (TPSA) is 70.1 Å². The van der Waals surface area contributed by atoms with Crippen molar-refractivity contribution >= 4 is 11.9 Å². The molecule has 0 radical (unpaired) electrons. The Morgan fingerprint density at radius 1 is 1.18 bits per heavy atom. The van der Waals surface area contributed by atoms with Crippen LogP contribution in [0.4, 0.5) is 0 Å². The standard InChI is InChI=1S/C33H53N3O4/c1-9-10-15-34(16-11-17-36(6,7)8)30(37)23-35-22-27(25-12-13-29-26(19-25)14-18-40-29)31(32(38)39)28(35)21-33(4,5)20-24(2)3/h12-13,19-20,27-28,31H,9-11,14-18,21-23H2,1-8H3/p+1. The number of ether oxygens (including phenoxy) is 1. The highest BCUT2D eigenvalue weighted by molar-refractivity contribution is 5.79. The molecule has 0 spiro atoms. The molecule has 2 aliphatic heterocycles. The summed E-state index contributed by atoms with van der Waals surface area (Å²) in [6.07, 6.45) is 6.74. The number of rotatable bonds is 14. The SMILES string of the molecule is CCCCN(CCC[N+](C)(C)C)C(=O)CN1CC(c2ccc3c(c2)CCO3)C(C(=O)O)C1CC(C)(C)C=C(C)C. The van der Waals surface area contributed by atoms with E-state index in [0.717, 1.165) is 66.7 Å². The Labute approximate surface area is 242 Å². The minimum absolute atomic E-state index is 0.118. The summed E-state index contributed by atoms with van der Waals surface area (Å²) < 4.78 is 6.59. The van der Waals surface area contributed by atoms with Crippen molar-refractivity contribution in [3.63, 3.8) is 0 Å². The van der Waals surface area contributed by atoms with Gasteiger partial charge in [0.1, 0.15) is 5.75 Å². The second-order valence-electron chi connectivity index (χ2n) is 13.9. The van der Waals surface area contributed by atoms with E-state index in [2.05, 4.69) is 72.8 Å². The summed E-state index contributed by atoms with van der Waals surface area (Å²) in [5.74, 6) is -0.513. The lowest BCUT2D eigenvalue weighted by atomic mass is 9.77. The van der Waals surface area contributed by atoms with Gasteiger partial charge in [-0.25, -0.2) is 0 Å². The molecule has 0 saturated carbocycles. The summed E-state index contributed by atoms with van der Waals surface area (Å²) in [7, 11) is 6.54. The van der Waals surface area contributed by atoms with Crippen molar-refractivity contribution in [1.82, 2.24) is 9.80 Å². The van der Waals surface area contributed by atoms with Crippen LogP contribution in [0.5, 0.6) is 5.75 Å². The van der Waals surface area contributed by atoms with Gasteiger partial charge in [-0.05, 0) is 49.3 Å². The molecule has 2 aliphatic rings. The lowest BCUT2D eigenvalue weighted by molar-refractivity contribution is -0.870. The van der Waals surface area contributed by atoms with Crippen molar-refractivity contribution in [2.75, 3.05) is 60.5 Å². The molecule has 224 valence electrons. The number of benzene rings is 1. The Hall–Kier alpha value is -2.38. The predicted octanol–water partition coefficient (Wildman–Crippen LogP) is 5.20. The number of aliphatic carboxylic acids is 1. The molecular formula is C33H54N3O4+. The molecule has 2 heterocycles. The van der Waals surface area contributed by atoms with E-state index in [4.69, 9.17) is 4.74 Å². The average molecular weight is 557 g/mol. The zero-order valence-corrected chi connectivity index (χ0v) is 26.3. The Bertz CT molecular complexity index is 1050. The third-order valence-electron chi connectivity index (χ3n) is 8.32. The van der Waals surface area contributed by atoms with Crippen molar-refractivity contribution in [3.8, 4) is 5.75 Å². The van der Waals surface area contributed by atoms with Crippen LogP contribution in [0.2, 0.25) is 0 Å². The maximum Gasteiger partial charge on any atom is 0.308 e. The van der Waals surface area contributed by atoms with Crippen LogP contribution in [0.15, 0.2) is 29.8 Å². The van der Waals surface area contributed by atoms with E-state index in [0.29, 0.717) is 19.6 Å². The zero-order chi connectivity index (χ0) is 29.7. The lowest BCUT2D eigenvalue weighted by Crippen LogP contribution is -2.46. The Balaban J connectivity index is 1.90. The number of fused-ring (bicyclic) bond motifs is 1. The van der Waals surface area contributed by atoms with Gasteiger partial charge in [0.2, 0.25) is 5.91 Å². The normalized spacial score (nSPS) is 21.1. The second kappa shape index (κ2) is 13.5. The summed E-state index contributed by atoms with van der Waals surface area (Å²) in [4.78, 5) is 31.0. The number of quaternary nitrogens is 1. The monoisotopic (exact) mass is 556 g/mol. The third kappa shape index (κ3) is 8.81. The number of carboxylic acid groups (broad SMARTS) is 1. The Kier molecular flexibility index (Phi) is 10.9. The minimum atomic E-state index is -0.777. The summed E-state index contributed by atoms with van der Waals surface area (Å²) in [6, 6.07) is 5.94. The number of hydrogen-bond acceptors (Lipinski definition) is 4. The first kappa shape index (κ1) is 32.1. The van der Waals surface area contributed by atoms with Crippen molar-refractivity contribution in [2.45, 2.75) is 78.7 Å². The van der Waals surface area contributed by atoms with E-state index >= 15 is 0 Å². The van der Waals surface area contributed by atoms with Gasteiger partial charge in [0.25, 0.3) is 0 Å². The maximum atomic E-state index is 13.8. The third-order valence-corrected chi connectivity index (χ3v) is 8.32. The molecule has 1 aromatic rings. The van der Waals surface area contributed by atoms with Gasteiger partial charge in [-0.1, -0.05) is 51.0 Å². The number of likely N-dealkylation sites (tertiary alicyclic amines) is 1. The molecular weight excluding hydrogens is 502 g/mol. The first-order valence-corrected chi connectivity index (χ1v) is 15.2. The molecule has 3 rings (SSSR count). The maximum absolute atomic E-state index is 13.8. The van der Waals surface area contributed by atoms with E-state index < -0.39 is 11.9 Å². The number of allylic oxidation sites excluding steroid dienone is 2. The highest BCUT2D eigenvalue weighted by atomic mass is 16.5. The molecule has 1 fully saturated rings. The Morgan fingerprint density at radius 3 is 2.50 bits per heavy atom. The second-order valence-corrected chi connectivity index (χ2v) is 13.9. The first-order chi connectivity index (χ1) is 18.7. The molecule has 1 aromatic carbocycles. The smallest absolute Gasteiger partial charge is 0.308 e. The molecule has 0 aromatic heterocycles. The fourth-order valence-electron chi connectivity index (χ4n) is 6.62. The fourth-order valence-corrected chi connectivity index (χ4v) is 6.62. The van der Waals surface area contributed by atoms with Gasteiger partial charge in [0, 0.05) is 44.4 Å². The largest absolute Gasteiger partial charge is 0.493 e. The van der Waals surface area contributed by atoms with E-state index in [9.17, 15) is 14.7 Å². The molecule has 7 nitrogen and oxygen atoms in total. The summed E-state index contributed by atoms with van der Waals surface area (Å²) in [5, 5.41) is 10.6. The van der Waals surface area contributed by atoms with E-state index in [1.54, 1.807) is 0 Å². The van der Waals surface area contributed by atoms with Gasteiger partial charge in [0.15, 0.2) is 0 Å². The molecule has 1 N–H and O–H groups in total. The molecule has 3 atom stereocenters. The van der Waals surface area contributed by atoms with E-state index in [1.165, 1.54) is 5.57 Å². The van der Waals surface area contributed by atoms with Crippen molar-refractivity contribution in [3.05, 3.63) is 41.0 Å². The van der Waals surface area contributed by atoms with Gasteiger partial charge in [-0.15, -0.1) is 0 Å². The number of carboxylic acids is 1. The van der Waals surface area contributed by atoms with Crippen molar-refractivity contribution in [1.29, 1.82) is 0 Å². The highest BCUT2D eigenvalue weighted by Crippen LogP contribution is 2.44. The van der Waals surface area contributed by atoms with Gasteiger partial charge in [0.05, 0.1) is 46.8 Å². The van der Waals surface area contributed by atoms with Crippen molar-refractivity contribution in [2.24, 2.45) is 11.3 Å². The number of amides is 1. The van der Waals surface area contributed by atoms with Gasteiger partial charge < -0.3 is 19.2 Å². The van der Waals surface area contributed by atoms with Crippen LogP contribution in [-0.4, -0.2) is 97.8 Å². The molecule has 0 aliphatic carbocycles. The van der Waals surface area contributed by atoms with Crippen LogP contribution in [-0.2, 0) is 16.0 Å². The highest BCUT2D eigenvalue weighted by Gasteiger charge is 2.48. The average Bonchev–Trinajstić information content (AvgIpc) is 3.43. The quantitative estimate of drug-likeness (QED) is 0.252. The fraction of sp³-hybridized carbons (Fsp3) is 0.697. The van der Waals surface area contributed by atoms with E-state index in [1.807, 2.05) is 17.0 Å². The number of hydrogen-bond donors (Lipinski definition) is 1. The van der Waals surface area contributed by atoms with Crippen LogP contribution in [0.1, 0.15) is 77.3 Å². The Morgan fingerprint density at radius 2 is 1.88 bits per heavy atom. The van der Waals surface area contributed by atoms with Crippen LogP contribution >= 0.6 is 0 Å². The first-order valence-electron chi connectivity index (χ1n) is 15.2. The van der Waals surface area contributed by atoms with E-state index in [-0.39, 0.29) is 29.8 Å². The summed E-state index contributed by atoms with van der Waals surface area (Å²) in [5.41, 5.74) is 3.23. The van der Waals surface area contributed by atoms with Crippen LogP contribution < -0.4 is 4.74 Å². The number of carbonyl (C=O) groups excluding carboxylic acids is 1. The summed E-state index contributed by atoms with van der Waals surface area (Å²) in [6.45, 7) is 14.7. The molecule has 1 saturated heterocycles.